The molecule has 1 saturated heterocycles. The number of carbonyl (C=O) groups is 2. The molecule has 1 atom stereocenters. The summed E-state index contributed by atoms with van der Waals surface area (Å²) in [7, 11) is 0. The molecule has 2 aliphatic heterocycles. The molecular weight excluding hydrogens is 346 g/mol. The van der Waals surface area contributed by atoms with Crippen LogP contribution in [0.4, 0.5) is 5.82 Å². The van der Waals surface area contributed by atoms with Gasteiger partial charge in [-0.15, -0.1) is 0 Å². The fourth-order valence-electron chi connectivity index (χ4n) is 3.96. The molecule has 142 valence electrons. The number of primary amides is 1. The first-order valence-electron chi connectivity index (χ1n) is 9.16. The molecule has 2 amide bonds. The number of nitrogen functional groups attached to an aromatic ring is 1. The SMILES string of the molecule is NC(=O)c1ncn(C2CCN(C(=O)C3COc4ccccc4C3)CC2)c1N. The van der Waals surface area contributed by atoms with Crippen LogP contribution in [0.1, 0.15) is 34.9 Å². The minimum absolute atomic E-state index is 0.103. The maximum Gasteiger partial charge on any atom is 0.271 e. The highest BCUT2D eigenvalue weighted by Crippen LogP contribution is 2.30. The van der Waals surface area contributed by atoms with Gasteiger partial charge in [-0.25, -0.2) is 4.98 Å². The molecule has 1 fully saturated rings. The Balaban J connectivity index is 1.38. The summed E-state index contributed by atoms with van der Waals surface area (Å²) in [4.78, 5) is 30.1. The van der Waals surface area contributed by atoms with Crippen LogP contribution in [0, 0.1) is 5.92 Å². The van der Waals surface area contributed by atoms with Gasteiger partial charge in [0.1, 0.15) is 18.2 Å². The lowest BCUT2D eigenvalue weighted by molar-refractivity contribution is -0.138. The molecule has 0 bridgehead atoms. The van der Waals surface area contributed by atoms with E-state index in [4.69, 9.17) is 16.2 Å². The number of benzene rings is 1. The lowest BCUT2D eigenvalue weighted by Crippen LogP contribution is -2.45. The molecule has 1 aromatic heterocycles. The number of hydrogen-bond donors (Lipinski definition) is 2. The van der Waals surface area contributed by atoms with Gasteiger partial charge in [-0.1, -0.05) is 18.2 Å². The number of nitrogens with two attached hydrogens (primary N) is 2. The second kappa shape index (κ2) is 6.94. The van der Waals surface area contributed by atoms with Gasteiger partial charge in [-0.05, 0) is 30.9 Å². The number of ether oxygens (including phenoxy) is 1. The van der Waals surface area contributed by atoms with E-state index in [1.807, 2.05) is 29.2 Å². The molecule has 2 aromatic rings. The van der Waals surface area contributed by atoms with Crippen molar-refractivity contribution in [1.29, 1.82) is 0 Å². The Kier molecular flexibility index (Phi) is 4.47. The van der Waals surface area contributed by atoms with E-state index in [1.54, 1.807) is 10.9 Å². The minimum atomic E-state index is -0.628. The van der Waals surface area contributed by atoms with E-state index in [-0.39, 0.29) is 23.6 Å². The number of anilines is 1. The lowest BCUT2D eigenvalue weighted by atomic mass is 9.94. The summed E-state index contributed by atoms with van der Waals surface area (Å²) < 4.78 is 7.55. The first kappa shape index (κ1) is 17.4. The van der Waals surface area contributed by atoms with Gasteiger partial charge in [0.2, 0.25) is 5.91 Å². The molecule has 1 aromatic carbocycles. The molecule has 27 heavy (non-hydrogen) atoms. The van der Waals surface area contributed by atoms with E-state index in [0.717, 1.165) is 24.2 Å². The number of rotatable bonds is 3. The van der Waals surface area contributed by atoms with Crippen LogP contribution >= 0.6 is 0 Å². The number of hydrogen-bond acceptors (Lipinski definition) is 5. The molecule has 0 aliphatic carbocycles. The number of likely N-dealkylation sites (tertiary alicyclic amines) is 1. The van der Waals surface area contributed by atoms with E-state index in [2.05, 4.69) is 4.98 Å². The Labute approximate surface area is 157 Å². The number of amides is 2. The van der Waals surface area contributed by atoms with Crippen molar-refractivity contribution in [3.05, 3.63) is 41.9 Å². The van der Waals surface area contributed by atoms with Crippen LogP contribution in [0.3, 0.4) is 0 Å². The predicted octanol–water partition coefficient (Wildman–Crippen LogP) is 0.979. The number of fused-ring (bicyclic) bond motifs is 1. The predicted molar refractivity (Wildman–Crippen MR) is 99.1 cm³/mol. The summed E-state index contributed by atoms with van der Waals surface area (Å²) in [5.41, 5.74) is 12.5. The zero-order chi connectivity index (χ0) is 19.0. The van der Waals surface area contributed by atoms with Crippen LogP contribution in [0.5, 0.6) is 5.75 Å². The van der Waals surface area contributed by atoms with Gasteiger partial charge < -0.3 is 25.7 Å². The standard InChI is InChI=1S/C19H23N5O3/c20-17-16(18(21)25)22-11-24(17)14-5-7-23(8-6-14)19(26)13-9-12-3-1-2-4-15(12)27-10-13/h1-4,11,13-14H,5-10,20H2,(H2,21,25). The van der Waals surface area contributed by atoms with Crippen LogP contribution in [0.2, 0.25) is 0 Å². The number of carbonyl (C=O) groups excluding carboxylic acids is 2. The third kappa shape index (κ3) is 3.22. The second-order valence-corrected chi connectivity index (χ2v) is 7.13. The Morgan fingerprint density at radius 3 is 2.63 bits per heavy atom. The number of imidazole rings is 1. The summed E-state index contributed by atoms with van der Waals surface area (Å²) in [6, 6.07) is 7.97. The minimum Gasteiger partial charge on any atom is -0.492 e. The van der Waals surface area contributed by atoms with Gasteiger partial charge in [0, 0.05) is 19.1 Å². The first-order valence-corrected chi connectivity index (χ1v) is 9.16. The van der Waals surface area contributed by atoms with Gasteiger partial charge in [-0.2, -0.15) is 0 Å². The van der Waals surface area contributed by atoms with Gasteiger partial charge in [-0.3, -0.25) is 9.59 Å². The number of para-hydroxylation sites is 1. The van der Waals surface area contributed by atoms with E-state index in [1.165, 1.54) is 0 Å². The van der Waals surface area contributed by atoms with Crippen LogP contribution in [0.25, 0.3) is 0 Å². The van der Waals surface area contributed by atoms with E-state index >= 15 is 0 Å². The molecule has 1 unspecified atom stereocenters. The topological polar surface area (TPSA) is 116 Å². The zero-order valence-electron chi connectivity index (χ0n) is 15.0. The Morgan fingerprint density at radius 1 is 1.19 bits per heavy atom. The number of piperidine rings is 1. The maximum absolute atomic E-state index is 12.9. The van der Waals surface area contributed by atoms with Gasteiger partial charge in [0.15, 0.2) is 5.69 Å². The molecule has 8 heteroatoms. The smallest absolute Gasteiger partial charge is 0.271 e. The fraction of sp³-hybridized carbons (Fsp3) is 0.421. The van der Waals surface area contributed by atoms with E-state index in [0.29, 0.717) is 31.9 Å². The van der Waals surface area contributed by atoms with Crippen LogP contribution in [0.15, 0.2) is 30.6 Å². The summed E-state index contributed by atoms with van der Waals surface area (Å²) in [6.45, 7) is 1.71. The molecule has 8 nitrogen and oxygen atoms in total. The summed E-state index contributed by atoms with van der Waals surface area (Å²) >= 11 is 0. The number of aromatic nitrogens is 2. The highest BCUT2D eigenvalue weighted by atomic mass is 16.5. The lowest BCUT2D eigenvalue weighted by Gasteiger charge is -2.36. The Hall–Kier alpha value is -3.03. The molecular formula is C19H23N5O3. The quantitative estimate of drug-likeness (QED) is 0.836. The van der Waals surface area contributed by atoms with Crippen molar-refractivity contribution in [2.24, 2.45) is 11.7 Å². The molecule has 4 N–H and O–H groups in total. The van der Waals surface area contributed by atoms with Crippen LogP contribution in [-0.4, -0.2) is 46.0 Å². The Morgan fingerprint density at radius 2 is 1.93 bits per heavy atom. The van der Waals surface area contributed by atoms with Gasteiger partial charge in [0.05, 0.1) is 12.2 Å². The molecule has 4 rings (SSSR count). The fourth-order valence-corrected chi connectivity index (χ4v) is 3.96. The summed E-state index contributed by atoms with van der Waals surface area (Å²) in [5, 5.41) is 0. The van der Waals surface area contributed by atoms with Crippen LogP contribution < -0.4 is 16.2 Å². The van der Waals surface area contributed by atoms with Crippen molar-refractivity contribution >= 4 is 17.6 Å². The van der Waals surface area contributed by atoms with Crippen molar-refractivity contribution < 1.29 is 14.3 Å². The molecule has 0 radical (unpaired) electrons. The highest BCUT2D eigenvalue weighted by molar-refractivity contribution is 5.95. The van der Waals surface area contributed by atoms with Crippen molar-refractivity contribution in [3.63, 3.8) is 0 Å². The van der Waals surface area contributed by atoms with E-state index in [9.17, 15) is 9.59 Å². The van der Waals surface area contributed by atoms with Gasteiger partial charge in [0.25, 0.3) is 5.91 Å². The maximum atomic E-state index is 12.9. The molecule has 3 heterocycles. The highest BCUT2D eigenvalue weighted by Gasteiger charge is 2.32. The average molecular weight is 369 g/mol. The van der Waals surface area contributed by atoms with Crippen molar-refractivity contribution in [1.82, 2.24) is 14.5 Å². The zero-order valence-corrected chi connectivity index (χ0v) is 15.0. The Bertz CT molecular complexity index is 870. The van der Waals surface area contributed by atoms with Gasteiger partial charge >= 0.3 is 0 Å². The molecule has 2 aliphatic rings. The van der Waals surface area contributed by atoms with Crippen LogP contribution in [-0.2, 0) is 11.2 Å². The first-order chi connectivity index (χ1) is 13.0. The molecule has 0 saturated carbocycles. The third-order valence-electron chi connectivity index (χ3n) is 5.46. The molecule has 0 spiro atoms. The van der Waals surface area contributed by atoms with Crippen molar-refractivity contribution in [3.8, 4) is 5.75 Å². The van der Waals surface area contributed by atoms with Crippen molar-refractivity contribution in [2.45, 2.75) is 25.3 Å². The summed E-state index contributed by atoms with van der Waals surface area (Å²) in [6.07, 6.45) is 3.79. The second-order valence-electron chi connectivity index (χ2n) is 7.13. The third-order valence-corrected chi connectivity index (χ3v) is 5.46. The number of nitrogens with zero attached hydrogens (tertiary/aromatic N) is 3. The normalized spacial score (nSPS) is 20.0. The van der Waals surface area contributed by atoms with E-state index < -0.39 is 5.91 Å². The van der Waals surface area contributed by atoms with Crippen molar-refractivity contribution in [2.75, 3.05) is 25.4 Å². The average Bonchev–Trinajstić information content (AvgIpc) is 3.09. The largest absolute Gasteiger partial charge is 0.492 e. The summed E-state index contributed by atoms with van der Waals surface area (Å²) in [5.74, 6) is 0.540. The monoisotopic (exact) mass is 369 g/mol.